The quantitative estimate of drug-likeness (QED) is 0.536. The van der Waals surface area contributed by atoms with Crippen LogP contribution in [-0.2, 0) is 10.0 Å². The van der Waals surface area contributed by atoms with Crippen molar-refractivity contribution in [2.75, 3.05) is 33.3 Å². The number of nitrogens with zero attached hydrogens (tertiary/aromatic N) is 3. The summed E-state index contributed by atoms with van der Waals surface area (Å²) in [6.07, 6.45) is 6.27. The summed E-state index contributed by atoms with van der Waals surface area (Å²) in [5.74, 6) is 0.398. The molecule has 184 valence electrons. The highest BCUT2D eigenvalue weighted by molar-refractivity contribution is 7.89. The summed E-state index contributed by atoms with van der Waals surface area (Å²) >= 11 is 0. The van der Waals surface area contributed by atoms with Crippen molar-refractivity contribution >= 4 is 15.9 Å². The number of aryl methyl sites for hydroxylation is 1. The second-order valence-corrected chi connectivity index (χ2v) is 11.5. The van der Waals surface area contributed by atoms with Gasteiger partial charge in [-0.1, -0.05) is 18.2 Å². The Hall–Kier alpha value is -3.10. The van der Waals surface area contributed by atoms with Gasteiger partial charge in [0.05, 0.1) is 18.4 Å². The number of piperidine rings is 1. The number of amides is 1. The fraction of sp³-hybridized carbons (Fsp3) is 0.370. The van der Waals surface area contributed by atoms with Crippen molar-refractivity contribution in [3.8, 4) is 11.4 Å². The zero-order chi connectivity index (χ0) is 24.6. The van der Waals surface area contributed by atoms with Gasteiger partial charge in [-0.25, -0.2) is 8.42 Å². The fourth-order valence-electron chi connectivity index (χ4n) is 5.36. The third-order valence-corrected chi connectivity index (χ3v) is 9.34. The summed E-state index contributed by atoms with van der Waals surface area (Å²) in [6.45, 7) is 4.10. The molecule has 2 saturated heterocycles. The third kappa shape index (κ3) is 4.36. The first kappa shape index (κ1) is 23.6. The van der Waals surface area contributed by atoms with Gasteiger partial charge in [0.15, 0.2) is 0 Å². The lowest BCUT2D eigenvalue weighted by Crippen LogP contribution is -2.44. The van der Waals surface area contributed by atoms with Gasteiger partial charge in [-0.05, 0) is 73.6 Å². The van der Waals surface area contributed by atoms with Crippen molar-refractivity contribution in [2.45, 2.75) is 31.1 Å². The summed E-state index contributed by atoms with van der Waals surface area (Å²) in [4.78, 5) is 15.6. The molecule has 2 aliphatic heterocycles. The van der Waals surface area contributed by atoms with Crippen LogP contribution in [0.2, 0.25) is 0 Å². The minimum absolute atomic E-state index is 0.0242. The molecule has 0 atom stereocenters. The highest BCUT2D eigenvalue weighted by Gasteiger charge is 2.45. The van der Waals surface area contributed by atoms with Gasteiger partial charge in [0.2, 0.25) is 10.0 Å². The van der Waals surface area contributed by atoms with Gasteiger partial charge in [0.1, 0.15) is 10.6 Å². The number of benzene rings is 2. The van der Waals surface area contributed by atoms with E-state index in [9.17, 15) is 13.2 Å². The highest BCUT2D eigenvalue weighted by Crippen LogP contribution is 2.43. The molecular weight excluding hydrogens is 462 g/mol. The van der Waals surface area contributed by atoms with Crippen molar-refractivity contribution in [3.05, 3.63) is 78.1 Å². The van der Waals surface area contributed by atoms with Crippen LogP contribution < -0.4 is 4.74 Å². The molecule has 0 bridgehead atoms. The molecule has 2 aromatic carbocycles. The molecule has 0 aliphatic carbocycles. The predicted molar refractivity (Wildman–Crippen MR) is 134 cm³/mol. The number of ether oxygens (including phenoxy) is 1. The fourth-order valence-corrected chi connectivity index (χ4v) is 7.16. The van der Waals surface area contributed by atoms with Gasteiger partial charge < -0.3 is 14.2 Å². The van der Waals surface area contributed by atoms with Gasteiger partial charge >= 0.3 is 0 Å². The molecule has 3 heterocycles. The van der Waals surface area contributed by atoms with Gasteiger partial charge in [-0.2, -0.15) is 4.31 Å². The molecular formula is C27H31N3O4S. The lowest BCUT2D eigenvalue weighted by Gasteiger charge is -2.39. The van der Waals surface area contributed by atoms with E-state index >= 15 is 0 Å². The minimum atomic E-state index is -3.66. The van der Waals surface area contributed by atoms with Gasteiger partial charge in [0.25, 0.3) is 5.91 Å². The summed E-state index contributed by atoms with van der Waals surface area (Å²) in [7, 11) is -2.16. The Balaban J connectivity index is 1.29. The van der Waals surface area contributed by atoms with E-state index in [4.69, 9.17) is 4.74 Å². The van der Waals surface area contributed by atoms with Gasteiger partial charge in [-0.3, -0.25) is 4.79 Å². The number of methoxy groups -OCH3 is 1. The molecule has 7 nitrogen and oxygen atoms in total. The Bertz CT molecular complexity index is 1330. The molecule has 0 unspecified atom stereocenters. The number of aromatic nitrogens is 1. The Kier molecular flexibility index (Phi) is 6.19. The number of likely N-dealkylation sites (tertiary alicyclic amines) is 1. The second-order valence-electron chi connectivity index (χ2n) is 9.64. The first-order chi connectivity index (χ1) is 16.8. The van der Waals surface area contributed by atoms with Crippen LogP contribution in [0.5, 0.6) is 5.75 Å². The van der Waals surface area contributed by atoms with Gasteiger partial charge in [-0.15, -0.1) is 0 Å². The monoisotopic (exact) mass is 493 g/mol. The lowest BCUT2D eigenvalue weighted by molar-refractivity contribution is 0.0600. The average molecular weight is 494 g/mol. The maximum absolute atomic E-state index is 13.5. The summed E-state index contributed by atoms with van der Waals surface area (Å²) in [6, 6.07) is 16.8. The van der Waals surface area contributed by atoms with E-state index in [-0.39, 0.29) is 16.2 Å². The van der Waals surface area contributed by atoms with Gasteiger partial charge in [0, 0.05) is 38.6 Å². The standard InChI is InChI=1S/C27H31N3O4S/c1-21-9-10-24(34-2)25(19-21)35(32,33)30-18-13-27(20-30)11-16-29(17-12-27)26(31)22-7-3-4-8-23(22)28-14-5-6-15-28/h3-10,14-15,19H,11-13,16-18,20H2,1-2H3. The van der Waals surface area contributed by atoms with E-state index in [1.165, 1.54) is 7.11 Å². The largest absolute Gasteiger partial charge is 0.495 e. The first-order valence-electron chi connectivity index (χ1n) is 12.0. The van der Waals surface area contributed by atoms with Crippen molar-refractivity contribution in [1.29, 1.82) is 0 Å². The van der Waals surface area contributed by atoms with Crippen LogP contribution >= 0.6 is 0 Å². The molecule has 2 aliphatic rings. The molecule has 5 rings (SSSR count). The maximum atomic E-state index is 13.5. The van der Waals surface area contributed by atoms with Crippen LogP contribution in [0.3, 0.4) is 0 Å². The number of carbonyl (C=O) groups excluding carboxylic acids is 1. The Morgan fingerprint density at radius 2 is 1.63 bits per heavy atom. The first-order valence-corrected chi connectivity index (χ1v) is 13.4. The molecule has 8 heteroatoms. The van der Waals surface area contributed by atoms with Crippen LogP contribution in [0.15, 0.2) is 71.9 Å². The normalized spacial score (nSPS) is 18.2. The van der Waals surface area contributed by atoms with E-state index < -0.39 is 10.0 Å². The topological polar surface area (TPSA) is 71.9 Å². The van der Waals surface area contributed by atoms with E-state index in [2.05, 4.69) is 0 Å². The van der Waals surface area contributed by atoms with Crippen LogP contribution in [-0.4, -0.2) is 61.4 Å². The lowest BCUT2D eigenvalue weighted by atomic mass is 9.78. The van der Waals surface area contributed by atoms with Crippen molar-refractivity contribution in [2.24, 2.45) is 5.41 Å². The molecule has 0 N–H and O–H groups in total. The molecule has 0 saturated carbocycles. The van der Waals surface area contributed by atoms with E-state index in [1.54, 1.807) is 16.4 Å². The van der Waals surface area contributed by atoms with E-state index in [0.717, 1.165) is 30.5 Å². The summed E-state index contributed by atoms with van der Waals surface area (Å²) < 4.78 is 35.9. The van der Waals surface area contributed by atoms with Crippen LogP contribution in [0, 0.1) is 12.3 Å². The van der Waals surface area contributed by atoms with Crippen molar-refractivity contribution in [1.82, 2.24) is 13.8 Å². The van der Waals surface area contributed by atoms with Crippen LogP contribution in [0.4, 0.5) is 0 Å². The number of para-hydroxylation sites is 1. The van der Waals surface area contributed by atoms with E-state index in [0.29, 0.717) is 37.5 Å². The summed E-state index contributed by atoms with van der Waals surface area (Å²) in [5.41, 5.74) is 2.33. The maximum Gasteiger partial charge on any atom is 0.255 e. The number of sulfonamides is 1. The predicted octanol–water partition coefficient (Wildman–Crippen LogP) is 4.11. The zero-order valence-corrected chi connectivity index (χ0v) is 21.0. The number of rotatable bonds is 5. The zero-order valence-electron chi connectivity index (χ0n) is 20.2. The second kappa shape index (κ2) is 9.17. The minimum Gasteiger partial charge on any atom is -0.495 e. The number of carbonyl (C=O) groups is 1. The third-order valence-electron chi connectivity index (χ3n) is 7.47. The smallest absolute Gasteiger partial charge is 0.255 e. The molecule has 2 fully saturated rings. The molecule has 1 spiro atoms. The molecule has 3 aromatic rings. The molecule has 1 aromatic heterocycles. The van der Waals surface area contributed by atoms with Crippen LogP contribution in [0.1, 0.15) is 35.2 Å². The molecule has 1 amide bonds. The Labute approximate surface area is 207 Å². The highest BCUT2D eigenvalue weighted by atomic mass is 32.2. The molecule has 35 heavy (non-hydrogen) atoms. The number of hydrogen-bond acceptors (Lipinski definition) is 4. The van der Waals surface area contributed by atoms with Crippen molar-refractivity contribution in [3.63, 3.8) is 0 Å². The van der Waals surface area contributed by atoms with Crippen LogP contribution in [0.25, 0.3) is 5.69 Å². The molecule has 0 radical (unpaired) electrons. The Morgan fingerprint density at radius 1 is 0.943 bits per heavy atom. The van der Waals surface area contributed by atoms with Crippen molar-refractivity contribution < 1.29 is 17.9 Å². The average Bonchev–Trinajstić information content (AvgIpc) is 3.55. The van der Waals surface area contributed by atoms with E-state index in [1.807, 2.05) is 71.2 Å². The summed E-state index contributed by atoms with van der Waals surface area (Å²) in [5, 5.41) is 0. The Morgan fingerprint density at radius 3 is 2.34 bits per heavy atom. The SMILES string of the molecule is COc1ccc(C)cc1S(=O)(=O)N1CCC2(CCN(C(=O)c3ccccc3-n3cccc3)CC2)C1. The number of hydrogen-bond donors (Lipinski definition) is 0.